The second-order valence-electron chi connectivity index (χ2n) is 5.48. The first-order chi connectivity index (χ1) is 10.6. The Morgan fingerprint density at radius 2 is 1.59 bits per heavy atom. The molecule has 0 heterocycles. The average Bonchev–Trinajstić information content (AvgIpc) is 2.51. The van der Waals surface area contributed by atoms with Crippen molar-refractivity contribution in [3.8, 4) is 5.75 Å². The summed E-state index contributed by atoms with van der Waals surface area (Å²) in [6.45, 7) is 4.79. The van der Waals surface area contributed by atoms with Crippen LogP contribution in [0.5, 0.6) is 5.75 Å². The number of halogens is 1. The number of rotatable bonds is 12. The standard InChI is InChI=1S/C17H28BrO3P/c1-3-5-7-8-9-14-20-22(19,15-6-4-2)21-17-12-10-16(18)11-13-17/h10-13H,3-9,14-15H2,1-2H3. The summed E-state index contributed by atoms with van der Waals surface area (Å²) in [6, 6.07) is 7.38. The zero-order chi connectivity index (χ0) is 16.3. The van der Waals surface area contributed by atoms with Crippen LogP contribution < -0.4 is 4.52 Å². The van der Waals surface area contributed by atoms with Gasteiger partial charge in [-0.25, -0.2) is 4.57 Å². The maximum Gasteiger partial charge on any atom is 0.379 e. The van der Waals surface area contributed by atoms with Crippen LogP contribution in [0.25, 0.3) is 0 Å². The molecule has 0 saturated carbocycles. The maximum absolute atomic E-state index is 12.9. The molecular weight excluding hydrogens is 363 g/mol. The van der Waals surface area contributed by atoms with Gasteiger partial charge in [0.15, 0.2) is 0 Å². The van der Waals surface area contributed by atoms with Crippen LogP contribution in [-0.4, -0.2) is 12.8 Å². The first-order valence-electron chi connectivity index (χ1n) is 8.28. The molecule has 1 unspecified atom stereocenters. The van der Waals surface area contributed by atoms with Crippen LogP contribution in [0.1, 0.15) is 58.8 Å². The Kier molecular flexibility index (Phi) is 10.1. The minimum atomic E-state index is -3.04. The lowest BCUT2D eigenvalue weighted by atomic mass is 10.2. The van der Waals surface area contributed by atoms with E-state index in [4.69, 9.17) is 9.05 Å². The van der Waals surface area contributed by atoms with E-state index in [1.807, 2.05) is 24.3 Å². The molecule has 3 nitrogen and oxygen atoms in total. The third-order valence-corrected chi connectivity index (χ3v) is 5.84. The first kappa shape index (κ1) is 19.7. The van der Waals surface area contributed by atoms with Gasteiger partial charge < -0.3 is 4.52 Å². The molecule has 0 N–H and O–H groups in total. The van der Waals surface area contributed by atoms with Crippen LogP contribution in [0.15, 0.2) is 28.7 Å². The Bertz CT molecular complexity index is 448. The van der Waals surface area contributed by atoms with E-state index in [9.17, 15) is 4.57 Å². The highest BCUT2D eigenvalue weighted by Crippen LogP contribution is 2.49. The molecule has 0 spiro atoms. The molecule has 1 aromatic carbocycles. The third-order valence-electron chi connectivity index (χ3n) is 3.38. The lowest BCUT2D eigenvalue weighted by Gasteiger charge is -2.19. The van der Waals surface area contributed by atoms with E-state index in [2.05, 4.69) is 29.8 Å². The predicted octanol–water partition coefficient (Wildman–Crippen LogP) is 6.81. The summed E-state index contributed by atoms with van der Waals surface area (Å²) in [5.41, 5.74) is 0. The van der Waals surface area contributed by atoms with Gasteiger partial charge in [-0.15, -0.1) is 0 Å². The van der Waals surface area contributed by atoms with Gasteiger partial charge in [0.2, 0.25) is 0 Å². The summed E-state index contributed by atoms with van der Waals surface area (Å²) in [4.78, 5) is 0. The summed E-state index contributed by atoms with van der Waals surface area (Å²) in [5, 5.41) is 0. The molecule has 0 aliphatic carbocycles. The van der Waals surface area contributed by atoms with Crippen molar-refractivity contribution < 1.29 is 13.6 Å². The number of hydrogen-bond acceptors (Lipinski definition) is 3. The second-order valence-corrected chi connectivity index (χ2v) is 8.51. The van der Waals surface area contributed by atoms with Gasteiger partial charge in [0.25, 0.3) is 0 Å². The zero-order valence-electron chi connectivity index (χ0n) is 13.7. The van der Waals surface area contributed by atoms with Crippen molar-refractivity contribution >= 4 is 23.5 Å². The van der Waals surface area contributed by atoms with Gasteiger partial charge in [-0.1, -0.05) is 61.9 Å². The summed E-state index contributed by atoms with van der Waals surface area (Å²) in [7, 11) is -3.04. The van der Waals surface area contributed by atoms with Crippen LogP contribution in [-0.2, 0) is 9.09 Å². The molecule has 0 amide bonds. The smallest absolute Gasteiger partial charge is 0.379 e. The molecule has 0 saturated heterocycles. The lowest BCUT2D eigenvalue weighted by molar-refractivity contribution is 0.257. The van der Waals surface area contributed by atoms with Crippen LogP contribution in [0, 0.1) is 0 Å². The molecule has 1 atom stereocenters. The van der Waals surface area contributed by atoms with Gasteiger partial charge in [0.1, 0.15) is 5.75 Å². The Hall–Kier alpha value is -0.310. The minimum Gasteiger partial charge on any atom is -0.424 e. The van der Waals surface area contributed by atoms with Crippen molar-refractivity contribution in [1.82, 2.24) is 0 Å². The monoisotopic (exact) mass is 390 g/mol. The van der Waals surface area contributed by atoms with Crippen molar-refractivity contribution in [2.24, 2.45) is 0 Å². The highest BCUT2D eigenvalue weighted by atomic mass is 79.9. The molecule has 1 rings (SSSR count). The Balaban J connectivity index is 2.49. The van der Waals surface area contributed by atoms with Crippen LogP contribution >= 0.6 is 23.5 Å². The normalized spacial score (nSPS) is 13.8. The first-order valence-corrected chi connectivity index (χ1v) is 10.8. The fourth-order valence-corrected chi connectivity index (χ4v) is 4.14. The molecule has 126 valence electrons. The number of benzene rings is 1. The van der Waals surface area contributed by atoms with Crippen molar-refractivity contribution in [3.05, 3.63) is 28.7 Å². The molecule has 22 heavy (non-hydrogen) atoms. The van der Waals surface area contributed by atoms with Crippen LogP contribution in [0.2, 0.25) is 0 Å². The summed E-state index contributed by atoms with van der Waals surface area (Å²) >= 11 is 3.38. The summed E-state index contributed by atoms with van der Waals surface area (Å²) in [6.07, 6.45) is 8.07. The van der Waals surface area contributed by atoms with E-state index >= 15 is 0 Å². The van der Waals surface area contributed by atoms with Gasteiger partial charge in [0, 0.05) is 4.47 Å². The van der Waals surface area contributed by atoms with E-state index in [0.717, 1.165) is 30.2 Å². The molecule has 0 aliphatic rings. The molecule has 0 radical (unpaired) electrons. The van der Waals surface area contributed by atoms with Gasteiger partial charge in [-0.2, -0.15) is 0 Å². The third kappa shape index (κ3) is 8.36. The Morgan fingerprint density at radius 1 is 0.955 bits per heavy atom. The van der Waals surface area contributed by atoms with Gasteiger partial charge in [-0.05, 0) is 37.1 Å². The largest absolute Gasteiger partial charge is 0.424 e. The fraction of sp³-hybridized carbons (Fsp3) is 0.647. The predicted molar refractivity (Wildman–Crippen MR) is 96.9 cm³/mol. The highest BCUT2D eigenvalue weighted by molar-refractivity contribution is 9.10. The molecule has 0 bridgehead atoms. The molecule has 1 aromatic rings. The van der Waals surface area contributed by atoms with E-state index in [0.29, 0.717) is 18.5 Å². The maximum atomic E-state index is 12.9. The van der Waals surface area contributed by atoms with Crippen molar-refractivity contribution in [1.29, 1.82) is 0 Å². The quantitative estimate of drug-likeness (QED) is 0.290. The Morgan fingerprint density at radius 3 is 2.23 bits per heavy atom. The Labute approximate surface area is 143 Å². The van der Waals surface area contributed by atoms with Crippen molar-refractivity contribution in [3.63, 3.8) is 0 Å². The topological polar surface area (TPSA) is 35.5 Å². The SMILES string of the molecule is CCCCCCCOP(=O)(CCCC)Oc1ccc(Br)cc1. The molecule has 0 fully saturated rings. The van der Waals surface area contributed by atoms with Crippen molar-refractivity contribution in [2.45, 2.75) is 58.8 Å². The highest BCUT2D eigenvalue weighted by Gasteiger charge is 2.25. The summed E-state index contributed by atoms with van der Waals surface area (Å²) < 4.78 is 25.2. The number of unbranched alkanes of at least 4 members (excludes halogenated alkanes) is 5. The van der Waals surface area contributed by atoms with E-state index in [1.54, 1.807) is 0 Å². The number of hydrogen-bond donors (Lipinski definition) is 0. The minimum absolute atomic E-state index is 0.481. The fourth-order valence-electron chi connectivity index (χ4n) is 2.05. The lowest BCUT2D eigenvalue weighted by Crippen LogP contribution is -2.04. The average molecular weight is 391 g/mol. The zero-order valence-corrected chi connectivity index (χ0v) is 16.2. The summed E-state index contributed by atoms with van der Waals surface area (Å²) in [5.74, 6) is 0.605. The van der Waals surface area contributed by atoms with Gasteiger partial charge in [-0.3, -0.25) is 4.52 Å². The van der Waals surface area contributed by atoms with Crippen LogP contribution in [0.4, 0.5) is 0 Å². The van der Waals surface area contributed by atoms with Crippen molar-refractivity contribution in [2.75, 3.05) is 12.8 Å². The molecule has 0 aromatic heterocycles. The molecule has 5 heteroatoms. The van der Waals surface area contributed by atoms with E-state index < -0.39 is 7.60 Å². The van der Waals surface area contributed by atoms with Gasteiger partial charge >= 0.3 is 7.60 Å². The molecule has 0 aliphatic heterocycles. The van der Waals surface area contributed by atoms with Crippen LogP contribution in [0.3, 0.4) is 0 Å². The van der Waals surface area contributed by atoms with Gasteiger partial charge in [0.05, 0.1) is 12.8 Å². The molecular formula is C17H28BrO3P. The second kappa shape index (κ2) is 11.3. The van der Waals surface area contributed by atoms with E-state index in [1.165, 1.54) is 19.3 Å². The van der Waals surface area contributed by atoms with E-state index in [-0.39, 0.29) is 0 Å².